The number of halogens is 1. The van der Waals surface area contributed by atoms with Crippen LogP contribution in [0.1, 0.15) is 84.1 Å². The number of hydrogen-bond acceptors (Lipinski definition) is 4. The molecule has 2 aromatic carbocycles. The van der Waals surface area contributed by atoms with Crippen molar-refractivity contribution in [1.82, 2.24) is 15.2 Å². The van der Waals surface area contributed by atoms with E-state index in [9.17, 15) is 14.0 Å². The number of carbonyl (C=O) groups excluding carboxylic acids is 2. The van der Waals surface area contributed by atoms with Crippen molar-refractivity contribution in [1.29, 1.82) is 0 Å². The summed E-state index contributed by atoms with van der Waals surface area (Å²) in [6, 6.07) is 18.2. The molecule has 1 aromatic heterocycles. The summed E-state index contributed by atoms with van der Waals surface area (Å²) in [5.41, 5.74) is 12.1. The maximum atomic E-state index is 14.7. The number of nitrogens with two attached hydrogens (primary N) is 1. The van der Waals surface area contributed by atoms with Gasteiger partial charge in [0.05, 0.1) is 18.3 Å². The van der Waals surface area contributed by atoms with Crippen molar-refractivity contribution < 1.29 is 14.0 Å². The number of aromatic nitrogens is 1. The largest absolute Gasteiger partial charge is 0.343 e. The summed E-state index contributed by atoms with van der Waals surface area (Å²) < 4.78 is 14.7. The third-order valence-electron chi connectivity index (χ3n) is 8.92. The predicted molar refractivity (Wildman–Crippen MR) is 158 cm³/mol. The molecule has 3 aromatic rings. The van der Waals surface area contributed by atoms with Gasteiger partial charge in [0.2, 0.25) is 11.8 Å². The third kappa shape index (κ3) is 5.68. The molecule has 1 aliphatic heterocycles. The quantitative estimate of drug-likeness (QED) is 0.392. The smallest absolute Gasteiger partial charge is 0.243 e. The Morgan fingerprint density at radius 1 is 1.07 bits per heavy atom. The SMILES string of the molecule is CC(N)c1ccc(C(NC(=O)[C@@H]2C[C@@H](F)CN2C(=O)CCc2cnc3c(c2)C=C[C@@H]2CCC32)c2ccccc2)cc1. The second-order valence-electron chi connectivity index (χ2n) is 11.7. The number of nitrogens with zero attached hydrogens (tertiary/aromatic N) is 2. The molecular formula is C34H37FN4O2. The molecule has 41 heavy (non-hydrogen) atoms. The molecule has 3 unspecified atom stereocenters. The highest BCUT2D eigenvalue weighted by Gasteiger charge is 2.40. The lowest BCUT2D eigenvalue weighted by atomic mass is 9.68. The molecule has 6 atom stereocenters. The van der Waals surface area contributed by atoms with Crippen molar-refractivity contribution >= 4 is 17.9 Å². The monoisotopic (exact) mass is 552 g/mol. The van der Waals surface area contributed by atoms with Crippen LogP contribution >= 0.6 is 0 Å². The van der Waals surface area contributed by atoms with Gasteiger partial charge < -0.3 is 16.0 Å². The van der Waals surface area contributed by atoms with Crippen LogP contribution in [-0.2, 0) is 16.0 Å². The highest BCUT2D eigenvalue weighted by Crippen LogP contribution is 2.47. The molecule has 3 aliphatic rings. The van der Waals surface area contributed by atoms with Crippen LogP contribution in [0.25, 0.3) is 6.08 Å². The van der Waals surface area contributed by atoms with Crippen LogP contribution in [0.3, 0.4) is 0 Å². The molecule has 3 N–H and O–H groups in total. The molecule has 2 fully saturated rings. The van der Waals surface area contributed by atoms with Crippen LogP contribution < -0.4 is 11.1 Å². The van der Waals surface area contributed by atoms with Gasteiger partial charge >= 0.3 is 0 Å². The molecule has 0 bridgehead atoms. The Hall–Kier alpha value is -3.84. The van der Waals surface area contributed by atoms with E-state index in [1.54, 1.807) is 0 Å². The van der Waals surface area contributed by atoms with Gasteiger partial charge in [-0.15, -0.1) is 0 Å². The van der Waals surface area contributed by atoms with Gasteiger partial charge in [0.1, 0.15) is 12.2 Å². The zero-order valence-electron chi connectivity index (χ0n) is 23.4. The highest BCUT2D eigenvalue weighted by atomic mass is 19.1. The fourth-order valence-electron chi connectivity index (χ4n) is 6.38. The van der Waals surface area contributed by atoms with Gasteiger partial charge in [-0.05, 0) is 66.0 Å². The zero-order valence-corrected chi connectivity index (χ0v) is 23.4. The molecule has 1 saturated heterocycles. The standard InChI is InChI=1S/C34H37FN4O2/c1-21(36)23-8-11-26(12-9-23)32(25-5-3-2-4-6-25)38-34(41)30-18-28(35)20-39(30)31(40)16-7-22-17-27-13-10-24-14-15-29(24)33(27)37-19-22/h2-6,8-13,17,19,21,24,28-30,32H,7,14-16,18,20,36H2,1H3,(H,38,41)/t21?,24-,28-,29?,30+,32?/m1/s1. The minimum absolute atomic E-state index is 0.00351. The number of amides is 2. The van der Waals surface area contributed by atoms with E-state index in [4.69, 9.17) is 10.7 Å². The number of nitrogens with one attached hydrogen (secondary N) is 1. The second kappa shape index (κ2) is 11.6. The first-order valence-corrected chi connectivity index (χ1v) is 14.7. The molecule has 6 rings (SSSR count). The minimum atomic E-state index is -1.24. The average molecular weight is 553 g/mol. The van der Waals surface area contributed by atoms with Crippen LogP contribution in [0.5, 0.6) is 0 Å². The van der Waals surface area contributed by atoms with E-state index in [2.05, 4.69) is 23.5 Å². The third-order valence-corrected chi connectivity index (χ3v) is 8.92. The first-order chi connectivity index (χ1) is 19.9. The first kappa shape index (κ1) is 27.3. The summed E-state index contributed by atoms with van der Waals surface area (Å²) in [5, 5.41) is 3.12. The van der Waals surface area contributed by atoms with Gasteiger partial charge in [0.15, 0.2) is 0 Å². The van der Waals surface area contributed by atoms with Crippen molar-refractivity contribution in [2.75, 3.05) is 6.54 Å². The molecule has 0 radical (unpaired) electrons. The number of allylic oxidation sites excluding steroid dienone is 1. The normalized spacial score (nSPS) is 24.1. The van der Waals surface area contributed by atoms with Crippen LogP contribution in [0.15, 0.2) is 72.9 Å². The van der Waals surface area contributed by atoms with Crippen molar-refractivity contribution in [3.8, 4) is 0 Å². The fourth-order valence-corrected chi connectivity index (χ4v) is 6.38. The summed E-state index contributed by atoms with van der Waals surface area (Å²) >= 11 is 0. The zero-order chi connectivity index (χ0) is 28.5. The molecule has 7 heteroatoms. The number of carbonyl (C=O) groups is 2. The van der Waals surface area contributed by atoms with E-state index < -0.39 is 18.3 Å². The van der Waals surface area contributed by atoms with Crippen LogP contribution in [0.2, 0.25) is 0 Å². The van der Waals surface area contributed by atoms with Gasteiger partial charge in [-0.1, -0.05) is 66.7 Å². The highest BCUT2D eigenvalue weighted by molar-refractivity contribution is 5.89. The van der Waals surface area contributed by atoms with Crippen LogP contribution in [0, 0.1) is 5.92 Å². The van der Waals surface area contributed by atoms with E-state index >= 15 is 0 Å². The van der Waals surface area contributed by atoms with E-state index in [-0.39, 0.29) is 37.2 Å². The van der Waals surface area contributed by atoms with Crippen molar-refractivity contribution in [2.45, 2.75) is 69.2 Å². The van der Waals surface area contributed by atoms with Crippen molar-refractivity contribution in [2.24, 2.45) is 11.7 Å². The number of aryl methyl sites for hydroxylation is 1. The van der Waals surface area contributed by atoms with Gasteiger partial charge in [0, 0.05) is 31.0 Å². The maximum Gasteiger partial charge on any atom is 0.243 e. The van der Waals surface area contributed by atoms with E-state index in [0.29, 0.717) is 18.3 Å². The minimum Gasteiger partial charge on any atom is -0.343 e. The Kier molecular flexibility index (Phi) is 7.71. The van der Waals surface area contributed by atoms with Gasteiger partial charge in [-0.2, -0.15) is 0 Å². The van der Waals surface area contributed by atoms with E-state index in [1.807, 2.05) is 67.7 Å². The lowest BCUT2D eigenvalue weighted by Gasteiger charge is -2.37. The Morgan fingerprint density at radius 3 is 2.51 bits per heavy atom. The Bertz CT molecular complexity index is 1440. The first-order valence-electron chi connectivity index (χ1n) is 14.7. The lowest BCUT2D eigenvalue weighted by Crippen LogP contribution is -2.47. The molecule has 2 amide bonds. The molecule has 212 valence electrons. The maximum absolute atomic E-state index is 14.7. The van der Waals surface area contributed by atoms with Crippen molar-refractivity contribution in [3.05, 3.63) is 106 Å². The number of pyridine rings is 1. The molecule has 1 saturated carbocycles. The predicted octanol–water partition coefficient (Wildman–Crippen LogP) is 5.40. The second-order valence-corrected chi connectivity index (χ2v) is 11.7. The lowest BCUT2D eigenvalue weighted by molar-refractivity contribution is -0.138. The summed E-state index contributed by atoms with van der Waals surface area (Å²) in [7, 11) is 0. The van der Waals surface area contributed by atoms with Gasteiger partial charge in [-0.3, -0.25) is 14.6 Å². The molecule has 2 heterocycles. The average Bonchev–Trinajstić information content (AvgIpc) is 3.37. The number of alkyl halides is 1. The topological polar surface area (TPSA) is 88.3 Å². The van der Waals surface area contributed by atoms with Crippen LogP contribution in [0.4, 0.5) is 4.39 Å². The number of rotatable bonds is 8. The van der Waals surface area contributed by atoms with Crippen molar-refractivity contribution in [3.63, 3.8) is 0 Å². The molecule has 2 aliphatic carbocycles. The Labute approximate surface area is 240 Å². The van der Waals surface area contributed by atoms with Crippen LogP contribution in [-0.4, -0.2) is 40.5 Å². The van der Waals surface area contributed by atoms with E-state index in [0.717, 1.165) is 33.5 Å². The van der Waals surface area contributed by atoms with Gasteiger partial charge in [-0.25, -0.2) is 4.39 Å². The summed E-state index contributed by atoms with van der Waals surface area (Å²) in [6.45, 7) is 1.86. The number of likely N-dealkylation sites (tertiary alicyclic amines) is 1. The number of hydrogen-bond donors (Lipinski definition) is 2. The van der Waals surface area contributed by atoms with E-state index in [1.165, 1.54) is 17.7 Å². The molecule has 0 spiro atoms. The summed E-state index contributed by atoms with van der Waals surface area (Å²) in [6.07, 6.45) is 8.16. The molecular weight excluding hydrogens is 515 g/mol. The molecule has 6 nitrogen and oxygen atoms in total. The summed E-state index contributed by atoms with van der Waals surface area (Å²) in [5.74, 6) is 0.581. The Balaban J connectivity index is 1.15. The number of fused-ring (bicyclic) bond motifs is 3. The van der Waals surface area contributed by atoms with Gasteiger partial charge in [0.25, 0.3) is 0 Å². The Morgan fingerprint density at radius 2 is 1.80 bits per heavy atom. The summed E-state index contributed by atoms with van der Waals surface area (Å²) in [4.78, 5) is 33.1. The number of benzene rings is 2. The fraction of sp³-hybridized carbons (Fsp3) is 0.382.